The number of benzene rings is 5. The molecule has 5 aromatic carbocycles. The number of ether oxygens (including phenoxy) is 1. The molecular formula is C38H31N3O12. The van der Waals surface area contributed by atoms with Gasteiger partial charge in [0, 0.05) is 38.0 Å². The van der Waals surface area contributed by atoms with E-state index in [4.69, 9.17) is 4.74 Å². The standard InChI is InChI=1S/C38H31N3O12/c1-5-14(2)21-11-19-27(37(50)41(21)13-23(43)40-12-20(38(51)52)39-36(49)15(40)3)33(47)25-17(30(19)44)9-10-18-26(25)34(48)28-29(35(18)53-4)32(46)24-16(31(28)45)7-6-8-22(24)42/h6-11,14-15,20,45-46H,5,12-13H2,1-4H3,(H,39,49)(H,51,52)/t14-,15-,20-/m0/s1. The first-order valence-electron chi connectivity index (χ1n) is 16.6. The van der Waals surface area contributed by atoms with E-state index in [0.29, 0.717) is 6.42 Å². The molecule has 270 valence electrons. The van der Waals surface area contributed by atoms with Crippen molar-refractivity contribution in [3.63, 3.8) is 0 Å². The van der Waals surface area contributed by atoms with Crippen molar-refractivity contribution in [2.75, 3.05) is 13.7 Å². The van der Waals surface area contributed by atoms with Crippen LogP contribution in [0.1, 0.15) is 38.8 Å². The van der Waals surface area contributed by atoms with Crippen LogP contribution in [-0.2, 0) is 20.9 Å². The number of methoxy groups -OCH3 is 1. The Hall–Kier alpha value is -6.64. The van der Waals surface area contributed by atoms with E-state index < -0.39 is 97.3 Å². The zero-order chi connectivity index (χ0) is 38.4. The van der Waals surface area contributed by atoms with Crippen LogP contribution in [-0.4, -0.2) is 68.3 Å². The Morgan fingerprint density at radius 3 is 2.17 bits per heavy atom. The number of phenolic OH excluding ortho intramolecular Hbond substituents is 2. The van der Waals surface area contributed by atoms with Gasteiger partial charge in [0.1, 0.15) is 35.9 Å². The van der Waals surface area contributed by atoms with E-state index in [-0.39, 0.29) is 55.7 Å². The lowest BCUT2D eigenvalue weighted by molar-refractivity contribution is -0.151. The maximum absolute atomic E-state index is 14.6. The van der Waals surface area contributed by atoms with Gasteiger partial charge < -0.3 is 34.8 Å². The topological polar surface area (TPSA) is 227 Å². The second-order valence-corrected chi connectivity index (χ2v) is 13.2. The Morgan fingerprint density at radius 2 is 1.51 bits per heavy atom. The number of rotatable bonds is 6. The largest absolute Gasteiger partial charge is 0.506 e. The number of carbonyl (C=O) groups excluding carboxylic acids is 2. The molecule has 1 fully saturated rings. The lowest BCUT2D eigenvalue weighted by atomic mass is 9.91. The van der Waals surface area contributed by atoms with Gasteiger partial charge in [-0.05, 0) is 43.5 Å². The van der Waals surface area contributed by atoms with Crippen molar-refractivity contribution < 1.29 is 34.4 Å². The minimum Gasteiger partial charge on any atom is -0.506 e. The molecule has 2 amide bonds. The van der Waals surface area contributed by atoms with Gasteiger partial charge in [-0.2, -0.15) is 0 Å². The fourth-order valence-electron chi connectivity index (χ4n) is 7.47. The van der Waals surface area contributed by atoms with E-state index in [1.54, 1.807) is 6.92 Å². The number of piperazine rings is 1. The Kier molecular flexibility index (Phi) is 8.04. The molecule has 1 aliphatic heterocycles. The van der Waals surface area contributed by atoms with Crippen LogP contribution in [0, 0.1) is 0 Å². The number of nitrogens with zero attached hydrogens (tertiary/aromatic N) is 2. The van der Waals surface area contributed by atoms with Gasteiger partial charge in [0.2, 0.25) is 17.2 Å². The Labute approximate surface area is 296 Å². The monoisotopic (exact) mass is 721 g/mol. The second kappa shape index (κ2) is 12.3. The molecule has 0 radical (unpaired) electrons. The number of pyridine rings is 1. The molecule has 0 bridgehead atoms. The average Bonchev–Trinajstić information content (AvgIpc) is 3.13. The molecule has 0 unspecified atom stereocenters. The van der Waals surface area contributed by atoms with Crippen LogP contribution in [0.25, 0.3) is 53.9 Å². The first-order chi connectivity index (χ1) is 25.1. The number of carboxylic acids is 1. The van der Waals surface area contributed by atoms with Crippen LogP contribution in [0.3, 0.4) is 0 Å². The molecule has 1 saturated heterocycles. The zero-order valence-electron chi connectivity index (χ0n) is 28.7. The van der Waals surface area contributed by atoms with Gasteiger partial charge in [0.25, 0.3) is 5.56 Å². The highest BCUT2D eigenvalue weighted by Crippen LogP contribution is 2.46. The predicted octanol–water partition coefficient (Wildman–Crippen LogP) is 1.66. The third-order valence-electron chi connectivity index (χ3n) is 10.4. The van der Waals surface area contributed by atoms with E-state index >= 15 is 0 Å². The Morgan fingerprint density at radius 1 is 0.849 bits per heavy atom. The number of aromatic hydroxyl groups is 2. The number of hydrogen-bond acceptors (Lipinski definition) is 11. The zero-order valence-corrected chi connectivity index (χ0v) is 28.7. The van der Waals surface area contributed by atoms with E-state index in [1.165, 1.54) is 50.4 Å². The summed E-state index contributed by atoms with van der Waals surface area (Å²) in [6.45, 7) is 3.88. The van der Waals surface area contributed by atoms with Gasteiger partial charge in [0.05, 0.1) is 35.2 Å². The third kappa shape index (κ3) is 4.87. The van der Waals surface area contributed by atoms with Crippen molar-refractivity contribution >= 4 is 71.6 Å². The summed E-state index contributed by atoms with van der Waals surface area (Å²) in [6, 6.07) is 5.33. The van der Waals surface area contributed by atoms with Crippen molar-refractivity contribution in [3.05, 3.63) is 93.3 Å². The van der Waals surface area contributed by atoms with Crippen LogP contribution in [0.4, 0.5) is 0 Å². The second-order valence-electron chi connectivity index (χ2n) is 13.2. The van der Waals surface area contributed by atoms with Crippen molar-refractivity contribution in [1.29, 1.82) is 0 Å². The molecule has 3 atom stereocenters. The Balaban J connectivity index is 1.57. The average molecular weight is 722 g/mol. The first-order valence-corrected chi connectivity index (χ1v) is 16.6. The normalized spacial score (nSPS) is 16.8. The molecule has 0 saturated carbocycles. The number of aliphatic carboxylic acids is 1. The molecule has 0 aliphatic carbocycles. The van der Waals surface area contributed by atoms with Gasteiger partial charge in [-0.15, -0.1) is 0 Å². The van der Waals surface area contributed by atoms with Crippen LogP contribution in [0.2, 0.25) is 0 Å². The highest BCUT2D eigenvalue weighted by molar-refractivity contribution is 6.22. The molecule has 2 heterocycles. The summed E-state index contributed by atoms with van der Waals surface area (Å²) >= 11 is 0. The summed E-state index contributed by atoms with van der Waals surface area (Å²) in [5, 5.41) is 31.3. The number of carbonyl (C=O) groups is 3. The van der Waals surface area contributed by atoms with E-state index in [1.807, 2.05) is 6.92 Å². The van der Waals surface area contributed by atoms with Crippen molar-refractivity contribution in [2.45, 2.75) is 51.7 Å². The minimum absolute atomic E-state index is 0.0529. The molecule has 53 heavy (non-hydrogen) atoms. The number of fused-ring (bicyclic) bond motifs is 6. The number of carboxylic acid groups (broad SMARTS) is 1. The molecule has 1 aliphatic rings. The van der Waals surface area contributed by atoms with E-state index in [2.05, 4.69) is 5.32 Å². The van der Waals surface area contributed by atoms with Crippen LogP contribution >= 0.6 is 0 Å². The fourth-order valence-corrected chi connectivity index (χ4v) is 7.47. The quantitative estimate of drug-likeness (QED) is 0.109. The summed E-state index contributed by atoms with van der Waals surface area (Å²) in [6.07, 6.45) is 0.449. The number of aromatic nitrogens is 1. The Bertz CT molecular complexity index is 2940. The fraction of sp³-hybridized carbons (Fsp3) is 0.263. The highest BCUT2D eigenvalue weighted by Gasteiger charge is 2.38. The lowest BCUT2D eigenvalue weighted by Gasteiger charge is -2.36. The first kappa shape index (κ1) is 34.8. The minimum atomic E-state index is -1.39. The molecule has 15 nitrogen and oxygen atoms in total. The van der Waals surface area contributed by atoms with Crippen molar-refractivity contribution in [2.24, 2.45) is 0 Å². The van der Waals surface area contributed by atoms with E-state index in [9.17, 15) is 53.7 Å². The summed E-state index contributed by atoms with van der Waals surface area (Å²) in [4.78, 5) is 109. The van der Waals surface area contributed by atoms with Gasteiger partial charge in [-0.3, -0.25) is 33.6 Å². The summed E-state index contributed by atoms with van der Waals surface area (Å²) in [5.74, 6) is -4.77. The molecule has 4 N–H and O–H groups in total. The molecular weight excluding hydrogens is 690 g/mol. The van der Waals surface area contributed by atoms with Gasteiger partial charge in [-0.1, -0.05) is 26.0 Å². The lowest BCUT2D eigenvalue weighted by Crippen LogP contribution is -2.63. The molecule has 15 heteroatoms. The van der Waals surface area contributed by atoms with Crippen molar-refractivity contribution in [1.82, 2.24) is 14.8 Å². The summed E-state index contributed by atoms with van der Waals surface area (Å²) in [5.41, 5.74) is -4.20. The molecule has 6 aromatic rings. The smallest absolute Gasteiger partial charge is 0.328 e. The van der Waals surface area contributed by atoms with Crippen LogP contribution in [0.15, 0.2) is 60.4 Å². The number of phenols is 2. The van der Waals surface area contributed by atoms with Crippen LogP contribution in [0.5, 0.6) is 17.2 Å². The SMILES string of the molecule is CC[C@H](C)c1cc2c(=O)c3ccc4c(OC)c5c(O)c6c(=O)cccc6c(O)c5c(=O)c4c3c(=O)c2c(=O)n1CC(=O)N1C[C@@H](C(=O)O)NC(=O)[C@@H]1C. The van der Waals surface area contributed by atoms with Gasteiger partial charge in [-0.25, -0.2) is 4.79 Å². The molecule has 0 spiro atoms. The van der Waals surface area contributed by atoms with Gasteiger partial charge >= 0.3 is 5.97 Å². The van der Waals surface area contributed by atoms with Gasteiger partial charge in [0.15, 0.2) is 16.3 Å². The number of hydrogen-bond donors (Lipinski definition) is 4. The maximum atomic E-state index is 14.6. The van der Waals surface area contributed by atoms with E-state index in [0.717, 1.165) is 9.47 Å². The van der Waals surface area contributed by atoms with Crippen LogP contribution < -0.4 is 37.3 Å². The highest BCUT2D eigenvalue weighted by atomic mass is 16.5. The van der Waals surface area contributed by atoms with Crippen molar-refractivity contribution in [3.8, 4) is 17.2 Å². The number of nitrogens with one attached hydrogen (secondary N) is 1. The molecule has 7 rings (SSSR count). The molecule has 1 aromatic heterocycles. The summed E-state index contributed by atoms with van der Waals surface area (Å²) < 4.78 is 6.62. The predicted molar refractivity (Wildman–Crippen MR) is 195 cm³/mol. The summed E-state index contributed by atoms with van der Waals surface area (Å²) in [7, 11) is 1.21. The maximum Gasteiger partial charge on any atom is 0.328 e. The number of amides is 2. The third-order valence-corrected chi connectivity index (χ3v) is 10.4.